The average molecular weight is 245 g/mol. The van der Waals surface area contributed by atoms with E-state index in [9.17, 15) is 13.2 Å². The fourth-order valence-electron chi connectivity index (χ4n) is 1.80. The second kappa shape index (κ2) is 3.45. The van der Waals surface area contributed by atoms with E-state index in [0.717, 1.165) is 25.0 Å². The van der Waals surface area contributed by atoms with Crippen LogP contribution in [0.1, 0.15) is 24.0 Å². The minimum Gasteiger partial charge on any atom is -0.393 e. The summed E-state index contributed by atoms with van der Waals surface area (Å²) in [7, 11) is 0. The Balaban J connectivity index is 2.41. The molecule has 0 heterocycles. The first-order valence-corrected chi connectivity index (χ1v) is 5.25. The van der Waals surface area contributed by atoms with Crippen LogP contribution in [0, 0.1) is 0 Å². The maximum atomic E-state index is 12.5. The highest BCUT2D eigenvalue weighted by Crippen LogP contribution is 2.49. The van der Waals surface area contributed by atoms with Gasteiger partial charge in [-0.15, -0.1) is 0 Å². The van der Waals surface area contributed by atoms with E-state index in [1.54, 1.807) is 6.07 Å². The molecular weight excluding hydrogens is 235 g/mol. The van der Waals surface area contributed by atoms with Crippen molar-refractivity contribution in [2.45, 2.75) is 24.4 Å². The predicted octanol–water partition coefficient (Wildman–Crippen LogP) is 3.02. The monoisotopic (exact) mass is 245 g/mol. The zero-order chi connectivity index (χ0) is 12.0. The molecule has 2 N–H and O–H groups in total. The van der Waals surface area contributed by atoms with Crippen LogP contribution in [0.3, 0.4) is 0 Å². The molecule has 1 nitrogen and oxygen atoms in total. The number of benzene rings is 1. The molecule has 0 spiro atoms. The summed E-state index contributed by atoms with van der Waals surface area (Å²) in [4.78, 5) is 0.284. The number of thiocarbonyl (C=S) groups is 1. The lowest BCUT2D eigenvalue weighted by atomic mass is 9.94. The molecule has 1 fully saturated rings. The van der Waals surface area contributed by atoms with Crippen molar-refractivity contribution < 1.29 is 13.2 Å². The minimum atomic E-state index is -4.32. The maximum absolute atomic E-state index is 12.5. The molecule has 0 aliphatic heterocycles. The molecule has 0 atom stereocenters. The van der Waals surface area contributed by atoms with Gasteiger partial charge in [-0.1, -0.05) is 30.4 Å². The van der Waals surface area contributed by atoms with E-state index in [4.69, 9.17) is 18.0 Å². The quantitative estimate of drug-likeness (QED) is 0.810. The summed E-state index contributed by atoms with van der Waals surface area (Å²) in [5.74, 6) is 0. The van der Waals surface area contributed by atoms with Gasteiger partial charge in [0.25, 0.3) is 0 Å². The summed E-state index contributed by atoms with van der Waals surface area (Å²) in [5.41, 5.74) is 5.02. The van der Waals surface area contributed by atoms with Crippen molar-refractivity contribution in [2.24, 2.45) is 5.73 Å². The van der Waals surface area contributed by atoms with Crippen LogP contribution < -0.4 is 5.73 Å². The molecule has 86 valence electrons. The van der Waals surface area contributed by atoms with E-state index in [0.29, 0.717) is 5.56 Å². The highest BCUT2D eigenvalue weighted by molar-refractivity contribution is 7.80. The Morgan fingerprint density at radius 3 is 2.38 bits per heavy atom. The molecule has 2 rings (SSSR count). The lowest BCUT2D eigenvalue weighted by Gasteiger charge is -2.15. The van der Waals surface area contributed by atoms with Crippen molar-refractivity contribution in [2.75, 3.05) is 0 Å². The third-order valence-electron chi connectivity index (χ3n) is 2.96. The third kappa shape index (κ3) is 1.80. The van der Waals surface area contributed by atoms with Gasteiger partial charge in [-0.2, -0.15) is 13.2 Å². The fourth-order valence-corrected chi connectivity index (χ4v) is 2.12. The van der Waals surface area contributed by atoms with Crippen molar-refractivity contribution in [1.29, 1.82) is 0 Å². The summed E-state index contributed by atoms with van der Waals surface area (Å²) in [6, 6.07) is 5.25. The molecule has 1 aliphatic carbocycles. The number of halogens is 3. The van der Waals surface area contributed by atoms with Crippen LogP contribution in [0.4, 0.5) is 13.2 Å². The lowest BCUT2D eigenvalue weighted by Crippen LogP contribution is -2.26. The number of nitrogens with two attached hydrogens (primary N) is 1. The van der Waals surface area contributed by atoms with Crippen LogP contribution >= 0.6 is 12.2 Å². The number of hydrogen-bond acceptors (Lipinski definition) is 1. The van der Waals surface area contributed by atoms with Crippen molar-refractivity contribution in [3.63, 3.8) is 0 Å². The van der Waals surface area contributed by atoms with Gasteiger partial charge in [0.05, 0.1) is 10.6 Å². The smallest absolute Gasteiger partial charge is 0.393 e. The zero-order valence-electron chi connectivity index (χ0n) is 8.34. The lowest BCUT2D eigenvalue weighted by molar-refractivity contribution is -0.137. The molecule has 0 radical (unpaired) electrons. The van der Waals surface area contributed by atoms with Crippen LogP contribution in [-0.4, -0.2) is 4.99 Å². The molecule has 1 aromatic rings. The molecule has 5 heteroatoms. The first kappa shape index (κ1) is 11.4. The first-order chi connectivity index (χ1) is 7.36. The van der Waals surface area contributed by atoms with Crippen molar-refractivity contribution in [3.8, 4) is 0 Å². The molecular formula is C11H10F3NS. The zero-order valence-corrected chi connectivity index (χ0v) is 9.16. The van der Waals surface area contributed by atoms with Gasteiger partial charge in [0.1, 0.15) is 0 Å². The van der Waals surface area contributed by atoms with Crippen LogP contribution in [0.2, 0.25) is 0 Å². The third-order valence-corrected chi connectivity index (χ3v) is 3.35. The van der Waals surface area contributed by atoms with Crippen LogP contribution in [0.5, 0.6) is 0 Å². The van der Waals surface area contributed by atoms with E-state index in [2.05, 4.69) is 0 Å². The molecule has 0 bridgehead atoms. The van der Waals surface area contributed by atoms with Crippen molar-refractivity contribution >= 4 is 17.2 Å². The van der Waals surface area contributed by atoms with Gasteiger partial charge >= 0.3 is 6.18 Å². The van der Waals surface area contributed by atoms with Gasteiger partial charge in [0.15, 0.2) is 0 Å². The van der Waals surface area contributed by atoms with Crippen molar-refractivity contribution in [3.05, 3.63) is 35.4 Å². The highest BCUT2D eigenvalue weighted by atomic mass is 32.1. The second-order valence-corrected chi connectivity index (χ2v) is 4.46. The normalized spacial score (nSPS) is 18.2. The number of hydrogen-bond donors (Lipinski definition) is 1. The Morgan fingerprint density at radius 2 is 1.94 bits per heavy atom. The maximum Gasteiger partial charge on any atom is 0.416 e. The summed E-state index contributed by atoms with van der Waals surface area (Å²) < 4.78 is 37.5. The molecule has 16 heavy (non-hydrogen) atoms. The van der Waals surface area contributed by atoms with Crippen molar-refractivity contribution in [1.82, 2.24) is 0 Å². The molecule has 0 unspecified atom stereocenters. The summed E-state index contributed by atoms with van der Waals surface area (Å²) >= 11 is 4.91. The molecule has 1 aromatic carbocycles. The highest BCUT2D eigenvalue weighted by Gasteiger charge is 2.47. The topological polar surface area (TPSA) is 26.0 Å². The summed E-state index contributed by atoms with van der Waals surface area (Å²) in [6.07, 6.45) is -2.84. The first-order valence-electron chi connectivity index (χ1n) is 4.84. The van der Waals surface area contributed by atoms with E-state index in [-0.39, 0.29) is 4.99 Å². The van der Waals surface area contributed by atoms with Gasteiger partial charge in [-0.25, -0.2) is 0 Å². The Morgan fingerprint density at radius 1 is 1.31 bits per heavy atom. The van der Waals surface area contributed by atoms with Gasteiger partial charge in [0, 0.05) is 5.41 Å². The molecule has 0 amide bonds. The SMILES string of the molecule is NC(=S)C1(c2cccc(C(F)(F)F)c2)CC1. The molecule has 0 aromatic heterocycles. The Kier molecular flexibility index (Phi) is 2.45. The van der Waals surface area contributed by atoms with E-state index < -0.39 is 17.2 Å². The van der Waals surface area contributed by atoms with E-state index in [1.165, 1.54) is 6.07 Å². The fraction of sp³-hybridized carbons (Fsp3) is 0.364. The predicted molar refractivity (Wildman–Crippen MR) is 59.1 cm³/mol. The van der Waals surface area contributed by atoms with Crippen LogP contribution in [0.25, 0.3) is 0 Å². The standard InChI is InChI=1S/C11H10F3NS/c12-11(13,14)8-3-1-2-7(6-8)10(4-5-10)9(15)16/h1-3,6H,4-5H2,(H2,15,16). The minimum absolute atomic E-state index is 0.284. The molecule has 1 aliphatic rings. The number of alkyl halides is 3. The van der Waals surface area contributed by atoms with E-state index in [1.807, 2.05) is 0 Å². The molecule has 0 saturated heterocycles. The van der Waals surface area contributed by atoms with Gasteiger partial charge < -0.3 is 5.73 Å². The molecule has 1 saturated carbocycles. The summed E-state index contributed by atoms with van der Waals surface area (Å²) in [5, 5.41) is 0. The average Bonchev–Trinajstić information content (AvgIpc) is 2.97. The van der Waals surface area contributed by atoms with Crippen LogP contribution in [0.15, 0.2) is 24.3 Å². The summed E-state index contributed by atoms with van der Waals surface area (Å²) in [6.45, 7) is 0. The Bertz CT molecular complexity index is 435. The van der Waals surface area contributed by atoms with Crippen LogP contribution in [-0.2, 0) is 11.6 Å². The van der Waals surface area contributed by atoms with Gasteiger partial charge in [-0.3, -0.25) is 0 Å². The second-order valence-electron chi connectivity index (χ2n) is 4.02. The number of rotatable bonds is 2. The van der Waals surface area contributed by atoms with Gasteiger partial charge in [0.2, 0.25) is 0 Å². The van der Waals surface area contributed by atoms with Gasteiger partial charge in [-0.05, 0) is 24.5 Å². The van der Waals surface area contributed by atoms with E-state index >= 15 is 0 Å². The Hall–Kier alpha value is -1.10. The Labute approximate surface area is 96.4 Å². The largest absolute Gasteiger partial charge is 0.416 e.